The van der Waals surface area contributed by atoms with Crippen molar-refractivity contribution in [3.05, 3.63) is 0 Å². The lowest BCUT2D eigenvalue weighted by Gasteiger charge is -2.35. The molecule has 0 bridgehead atoms. The van der Waals surface area contributed by atoms with Crippen LogP contribution in [0.25, 0.3) is 0 Å². The van der Waals surface area contributed by atoms with Crippen LogP contribution in [0.15, 0.2) is 0 Å². The highest BCUT2D eigenvalue weighted by Crippen LogP contribution is 2.38. The van der Waals surface area contributed by atoms with Gasteiger partial charge in [-0.2, -0.15) is 0 Å². The van der Waals surface area contributed by atoms with Crippen LogP contribution in [0.2, 0.25) is 0 Å². The van der Waals surface area contributed by atoms with Crippen molar-refractivity contribution in [3.8, 4) is 0 Å². The summed E-state index contributed by atoms with van der Waals surface area (Å²) < 4.78 is 37.2. The molecule has 0 unspecified atom stereocenters. The van der Waals surface area contributed by atoms with Gasteiger partial charge >= 0.3 is 17.9 Å². The molecule has 10 nitrogen and oxygen atoms in total. The second kappa shape index (κ2) is 20.1. The number of carbonyl (C=O) groups is 3. The first kappa shape index (κ1) is 43.7. The molecular weight excluding hydrogens is 650 g/mol. The van der Waals surface area contributed by atoms with Gasteiger partial charge in [0.1, 0.15) is 17.8 Å². The number of ether oxygens (including phenoxy) is 6. The Morgan fingerprint density at radius 3 is 1.75 bits per heavy atom. The van der Waals surface area contributed by atoms with E-state index in [9.17, 15) is 14.4 Å². The molecule has 0 aromatic carbocycles. The van der Waals surface area contributed by atoms with Gasteiger partial charge in [-0.3, -0.25) is 14.4 Å². The van der Waals surface area contributed by atoms with Crippen molar-refractivity contribution >= 4 is 17.9 Å². The van der Waals surface area contributed by atoms with Gasteiger partial charge in [-0.25, -0.2) is 0 Å². The van der Waals surface area contributed by atoms with Crippen LogP contribution in [0, 0.1) is 23.7 Å². The molecule has 3 heterocycles. The highest BCUT2D eigenvalue weighted by molar-refractivity contribution is 5.73. The van der Waals surface area contributed by atoms with Gasteiger partial charge in [0.15, 0.2) is 0 Å². The molecule has 0 amide bonds. The smallest absolute Gasteiger partial charge is 0.311 e. The zero-order valence-electron chi connectivity index (χ0n) is 34.1. The third-order valence-corrected chi connectivity index (χ3v) is 11.4. The quantitative estimate of drug-likeness (QED) is 0.0973. The third-order valence-electron chi connectivity index (χ3n) is 11.4. The number of carbonyl (C=O) groups excluding carboxylic acids is 3. The van der Waals surface area contributed by atoms with Gasteiger partial charge in [0.05, 0.1) is 48.5 Å². The van der Waals surface area contributed by atoms with Crippen LogP contribution in [0.4, 0.5) is 0 Å². The molecule has 296 valence electrons. The van der Waals surface area contributed by atoms with Crippen molar-refractivity contribution in [1.29, 1.82) is 0 Å². The lowest BCUT2D eigenvalue weighted by molar-refractivity contribution is -0.165. The summed E-state index contributed by atoms with van der Waals surface area (Å²) in [6.07, 6.45) is 9.58. The molecule has 3 aliphatic heterocycles. The number of esters is 3. The van der Waals surface area contributed by atoms with E-state index in [0.717, 1.165) is 70.6 Å². The molecule has 13 atom stereocenters. The van der Waals surface area contributed by atoms with Gasteiger partial charge in [0.25, 0.3) is 0 Å². The molecule has 0 saturated carbocycles. The first-order chi connectivity index (χ1) is 23.9. The molecule has 10 heteroatoms. The Balaban J connectivity index is 1.54. The van der Waals surface area contributed by atoms with E-state index in [-0.39, 0.29) is 84.5 Å². The van der Waals surface area contributed by atoms with Crippen molar-refractivity contribution in [2.45, 2.75) is 207 Å². The third kappa shape index (κ3) is 13.3. The molecule has 51 heavy (non-hydrogen) atoms. The molecular formula is C41H73NO9. The van der Waals surface area contributed by atoms with Gasteiger partial charge in [-0.15, -0.1) is 0 Å². The lowest BCUT2D eigenvalue weighted by Crippen LogP contribution is -2.42. The zero-order valence-corrected chi connectivity index (χ0v) is 34.1. The van der Waals surface area contributed by atoms with Crippen LogP contribution < -0.4 is 0 Å². The fraction of sp³-hybridized carbons (Fsp3) is 0.927. The Hall–Kier alpha value is -1.75. The number of hydrogen-bond acceptors (Lipinski definition) is 10. The van der Waals surface area contributed by atoms with Crippen LogP contribution in [0.3, 0.4) is 0 Å². The first-order valence-electron chi connectivity index (χ1n) is 20.2. The number of nitrogens with zero attached hydrogens (tertiary/aromatic N) is 1. The van der Waals surface area contributed by atoms with E-state index in [1.54, 1.807) is 0 Å². The van der Waals surface area contributed by atoms with Gasteiger partial charge in [-0.1, -0.05) is 40.5 Å². The summed E-state index contributed by atoms with van der Waals surface area (Å²) in [6, 6.07) is 0.495. The van der Waals surface area contributed by atoms with E-state index < -0.39 is 11.5 Å². The van der Waals surface area contributed by atoms with Crippen LogP contribution in [-0.4, -0.2) is 97.4 Å². The van der Waals surface area contributed by atoms with Gasteiger partial charge < -0.3 is 33.3 Å². The van der Waals surface area contributed by atoms with Crippen LogP contribution in [-0.2, 0) is 42.8 Å². The van der Waals surface area contributed by atoms with Crippen molar-refractivity contribution in [1.82, 2.24) is 4.90 Å². The second-order valence-corrected chi connectivity index (χ2v) is 17.2. The lowest BCUT2D eigenvalue weighted by atomic mass is 9.84. The highest BCUT2D eigenvalue weighted by atomic mass is 16.6. The topological polar surface area (TPSA) is 110 Å². The average molecular weight is 724 g/mol. The molecule has 3 aliphatic rings. The highest BCUT2D eigenvalue weighted by Gasteiger charge is 2.44. The van der Waals surface area contributed by atoms with E-state index in [1.807, 2.05) is 34.6 Å². The molecule has 0 aromatic heterocycles. The number of hydrogen-bond donors (Lipinski definition) is 0. The van der Waals surface area contributed by atoms with Crippen molar-refractivity contribution in [3.63, 3.8) is 0 Å². The minimum absolute atomic E-state index is 0.0160. The maximum absolute atomic E-state index is 13.5. The maximum Gasteiger partial charge on any atom is 0.311 e. The monoisotopic (exact) mass is 724 g/mol. The van der Waals surface area contributed by atoms with E-state index >= 15 is 0 Å². The van der Waals surface area contributed by atoms with Crippen molar-refractivity contribution in [2.75, 3.05) is 14.1 Å². The molecule has 0 N–H and O–H groups in total. The van der Waals surface area contributed by atoms with E-state index in [1.165, 1.54) is 6.92 Å². The second-order valence-electron chi connectivity index (χ2n) is 17.2. The normalized spacial score (nSPS) is 29.6. The number of rotatable bonds is 19. The van der Waals surface area contributed by atoms with Gasteiger partial charge in [-0.05, 0) is 107 Å². The summed E-state index contributed by atoms with van der Waals surface area (Å²) in [5, 5.41) is 0. The summed E-state index contributed by atoms with van der Waals surface area (Å²) in [4.78, 5) is 40.8. The van der Waals surface area contributed by atoms with Gasteiger partial charge in [0.2, 0.25) is 0 Å². The Morgan fingerprint density at radius 1 is 0.686 bits per heavy atom. The predicted molar refractivity (Wildman–Crippen MR) is 198 cm³/mol. The summed E-state index contributed by atoms with van der Waals surface area (Å²) >= 11 is 0. The Kier molecular flexibility index (Phi) is 17.2. The van der Waals surface area contributed by atoms with E-state index in [0.29, 0.717) is 12.5 Å². The fourth-order valence-electron chi connectivity index (χ4n) is 8.35. The molecule has 3 rings (SSSR count). The summed E-state index contributed by atoms with van der Waals surface area (Å²) in [5.74, 6) is -1.61. The molecule has 0 spiro atoms. The van der Waals surface area contributed by atoms with Crippen LogP contribution in [0.1, 0.15) is 146 Å². The van der Waals surface area contributed by atoms with Crippen molar-refractivity contribution < 1.29 is 42.8 Å². The minimum atomic E-state index is -0.539. The SMILES string of the molecule is CCC[C@@H](C[C@@H]1CC[C@H]([C@H](C)C(=O)OC(C)(C)C)O1)OC(=O)[C@H](C)[C@H]1CC[C@@H]([C@@H](C)[C@@H](OC(C)=O)[C@H](C)[C@H]2CC[C@@H](C[C@@H](CCC)N(C)C)O2)O1. The molecule has 0 aromatic rings. The first-order valence-corrected chi connectivity index (χ1v) is 20.2. The zero-order chi connectivity index (χ0) is 38.0. The molecule has 0 radical (unpaired) electrons. The Morgan fingerprint density at radius 2 is 1.18 bits per heavy atom. The van der Waals surface area contributed by atoms with Crippen molar-refractivity contribution in [2.24, 2.45) is 23.7 Å². The van der Waals surface area contributed by atoms with Gasteiger partial charge in [0, 0.05) is 31.2 Å². The Bertz CT molecular complexity index is 1090. The Labute approximate surface area is 309 Å². The molecule has 3 fully saturated rings. The molecule has 3 saturated heterocycles. The largest absolute Gasteiger partial charge is 0.462 e. The minimum Gasteiger partial charge on any atom is -0.462 e. The summed E-state index contributed by atoms with van der Waals surface area (Å²) in [7, 11) is 4.29. The maximum atomic E-state index is 13.5. The fourth-order valence-corrected chi connectivity index (χ4v) is 8.35. The predicted octanol–water partition coefficient (Wildman–Crippen LogP) is 7.67. The summed E-state index contributed by atoms with van der Waals surface area (Å²) in [5.41, 5.74) is -0.539. The molecule has 0 aliphatic carbocycles. The van der Waals surface area contributed by atoms with E-state index in [4.69, 9.17) is 28.4 Å². The van der Waals surface area contributed by atoms with Crippen LogP contribution in [0.5, 0.6) is 0 Å². The summed E-state index contributed by atoms with van der Waals surface area (Å²) in [6.45, 7) is 19.4. The standard InChI is InChI=1S/C41H73NO9/c1-13-15-30(42(11)12)23-32-17-19-34(47-32)25(3)38(46-29(7)43)26(4)35-21-22-37(50-35)27(5)39(44)49-31(16-14-2)24-33-18-20-36(48-33)28(6)40(45)51-41(8,9)10/h25-28,30-38H,13-24H2,1-12H3/t25-,26-,27-,28+,30-,31+,32+,33+,34-,35+,36-,37-,38+/m1/s1. The average Bonchev–Trinajstić information content (AvgIpc) is 3.83. The van der Waals surface area contributed by atoms with Crippen LogP contribution >= 0.6 is 0 Å². The van der Waals surface area contributed by atoms with E-state index in [2.05, 4.69) is 46.7 Å².